The third-order valence-corrected chi connectivity index (χ3v) is 3.16. The van der Waals surface area contributed by atoms with Crippen molar-refractivity contribution < 1.29 is 9.53 Å². The van der Waals surface area contributed by atoms with Crippen molar-refractivity contribution in [3.8, 4) is 0 Å². The molecule has 1 amide bonds. The van der Waals surface area contributed by atoms with E-state index in [1.807, 2.05) is 4.90 Å². The molecule has 1 N–H and O–H groups in total. The molecular weight excluding hydrogens is 206 g/mol. The van der Waals surface area contributed by atoms with Crippen molar-refractivity contribution in [3.63, 3.8) is 0 Å². The molecule has 92 valence electrons. The summed E-state index contributed by atoms with van der Waals surface area (Å²) >= 11 is 0. The normalized spacial score (nSPS) is 24.1. The van der Waals surface area contributed by atoms with Crippen molar-refractivity contribution in [2.45, 2.75) is 6.42 Å². The van der Waals surface area contributed by atoms with E-state index in [4.69, 9.17) is 4.74 Å². The Morgan fingerprint density at radius 3 is 2.75 bits per heavy atom. The lowest BCUT2D eigenvalue weighted by Crippen LogP contribution is -2.46. The molecule has 0 atom stereocenters. The third kappa shape index (κ3) is 3.43. The lowest BCUT2D eigenvalue weighted by molar-refractivity contribution is -0.136. The summed E-state index contributed by atoms with van der Waals surface area (Å²) in [6.45, 7) is 7.54. The number of hydrogen-bond acceptors (Lipinski definition) is 4. The summed E-state index contributed by atoms with van der Waals surface area (Å²) in [5.74, 6) is 0.255. The summed E-state index contributed by atoms with van der Waals surface area (Å²) in [5, 5.41) is 3.34. The van der Waals surface area contributed by atoms with E-state index in [0.717, 1.165) is 45.7 Å². The van der Waals surface area contributed by atoms with Crippen molar-refractivity contribution in [2.75, 3.05) is 59.0 Å². The quantitative estimate of drug-likeness (QED) is 0.667. The molecule has 0 spiro atoms. The number of carbonyl (C=O) groups excluding carboxylic acids is 1. The lowest BCUT2D eigenvalue weighted by Gasteiger charge is -2.29. The Balaban J connectivity index is 1.76. The molecule has 0 unspecified atom stereocenters. The van der Waals surface area contributed by atoms with Crippen LogP contribution in [0.2, 0.25) is 0 Å². The smallest absolute Gasteiger partial charge is 0.236 e. The van der Waals surface area contributed by atoms with Crippen LogP contribution in [-0.2, 0) is 9.53 Å². The van der Waals surface area contributed by atoms with Gasteiger partial charge in [0, 0.05) is 26.2 Å². The van der Waals surface area contributed by atoms with Crippen molar-refractivity contribution in [1.29, 1.82) is 0 Å². The number of hydrogen-bond donors (Lipinski definition) is 1. The average Bonchev–Trinajstić information content (AvgIpc) is 2.59. The van der Waals surface area contributed by atoms with Crippen LogP contribution in [0.4, 0.5) is 0 Å². The molecule has 2 saturated heterocycles. The molecule has 2 aliphatic rings. The van der Waals surface area contributed by atoms with Crippen molar-refractivity contribution in [2.24, 2.45) is 0 Å². The van der Waals surface area contributed by atoms with E-state index in [0.29, 0.717) is 19.8 Å². The van der Waals surface area contributed by atoms with Crippen LogP contribution in [0.5, 0.6) is 0 Å². The minimum Gasteiger partial charge on any atom is -0.378 e. The van der Waals surface area contributed by atoms with Gasteiger partial charge in [-0.05, 0) is 19.5 Å². The Labute approximate surface area is 96.7 Å². The number of nitrogens with one attached hydrogen (secondary N) is 1. The second-order valence-electron chi connectivity index (χ2n) is 4.37. The molecular formula is C11H21N3O2. The number of carbonyl (C=O) groups is 1. The Hall–Kier alpha value is -0.650. The zero-order valence-electron chi connectivity index (χ0n) is 9.78. The predicted octanol–water partition coefficient (Wildman–Crippen LogP) is -0.859. The minimum absolute atomic E-state index is 0.255. The second kappa shape index (κ2) is 6.18. The fourth-order valence-corrected chi connectivity index (χ4v) is 2.16. The highest BCUT2D eigenvalue weighted by Gasteiger charge is 2.19. The van der Waals surface area contributed by atoms with Gasteiger partial charge >= 0.3 is 0 Å². The zero-order valence-corrected chi connectivity index (χ0v) is 9.78. The molecule has 16 heavy (non-hydrogen) atoms. The molecule has 2 rings (SSSR count). The fourth-order valence-electron chi connectivity index (χ4n) is 2.16. The number of rotatable bonds is 2. The minimum atomic E-state index is 0.255. The summed E-state index contributed by atoms with van der Waals surface area (Å²) in [7, 11) is 0. The van der Waals surface area contributed by atoms with Crippen LogP contribution in [-0.4, -0.2) is 74.7 Å². The Kier molecular flexibility index (Phi) is 4.56. The first-order chi connectivity index (χ1) is 7.86. The van der Waals surface area contributed by atoms with Gasteiger partial charge in [0.15, 0.2) is 0 Å². The van der Waals surface area contributed by atoms with Crippen LogP contribution in [0.25, 0.3) is 0 Å². The van der Waals surface area contributed by atoms with E-state index in [-0.39, 0.29) is 5.91 Å². The van der Waals surface area contributed by atoms with Crippen molar-refractivity contribution >= 4 is 5.91 Å². The van der Waals surface area contributed by atoms with Crippen LogP contribution in [0.1, 0.15) is 6.42 Å². The Morgan fingerprint density at radius 1 is 1.12 bits per heavy atom. The van der Waals surface area contributed by atoms with E-state index in [2.05, 4.69) is 10.2 Å². The van der Waals surface area contributed by atoms with Crippen LogP contribution >= 0.6 is 0 Å². The molecule has 0 aromatic carbocycles. The van der Waals surface area contributed by atoms with Gasteiger partial charge in [-0.3, -0.25) is 9.69 Å². The number of nitrogens with zero attached hydrogens (tertiary/aromatic N) is 2. The molecule has 5 nitrogen and oxygen atoms in total. The predicted molar refractivity (Wildman–Crippen MR) is 61.3 cm³/mol. The molecule has 5 heteroatoms. The molecule has 2 fully saturated rings. The Morgan fingerprint density at radius 2 is 1.94 bits per heavy atom. The maximum Gasteiger partial charge on any atom is 0.236 e. The SMILES string of the molecule is O=C(CN1CCCNCC1)N1CCOCC1. The van der Waals surface area contributed by atoms with E-state index < -0.39 is 0 Å². The van der Waals surface area contributed by atoms with Crippen LogP contribution in [0, 0.1) is 0 Å². The molecule has 0 bridgehead atoms. The summed E-state index contributed by atoms with van der Waals surface area (Å²) in [5.41, 5.74) is 0. The van der Waals surface area contributed by atoms with Gasteiger partial charge in [-0.2, -0.15) is 0 Å². The second-order valence-corrected chi connectivity index (χ2v) is 4.37. The maximum absolute atomic E-state index is 12.0. The number of ether oxygens (including phenoxy) is 1. The van der Waals surface area contributed by atoms with E-state index in [1.165, 1.54) is 0 Å². The van der Waals surface area contributed by atoms with Crippen molar-refractivity contribution in [1.82, 2.24) is 15.1 Å². The summed E-state index contributed by atoms with van der Waals surface area (Å²) < 4.78 is 5.24. The Bertz CT molecular complexity index is 221. The maximum atomic E-state index is 12.0. The molecule has 2 heterocycles. The van der Waals surface area contributed by atoms with Crippen LogP contribution in [0.3, 0.4) is 0 Å². The molecule has 0 aliphatic carbocycles. The van der Waals surface area contributed by atoms with Crippen LogP contribution < -0.4 is 5.32 Å². The van der Waals surface area contributed by atoms with E-state index >= 15 is 0 Å². The van der Waals surface area contributed by atoms with Gasteiger partial charge in [0.2, 0.25) is 5.91 Å². The first kappa shape index (κ1) is 11.8. The van der Waals surface area contributed by atoms with Crippen LogP contribution in [0.15, 0.2) is 0 Å². The molecule has 0 saturated carbocycles. The molecule has 0 aromatic heterocycles. The van der Waals surface area contributed by atoms with Gasteiger partial charge in [0.05, 0.1) is 19.8 Å². The molecule has 0 radical (unpaired) electrons. The van der Waals surface area contributed by atoms with Gasteiger partial charge in [0.25, 0.3) is 0 Å². The van der Waals surface area contributed by atoms with Gasteiger partial charge in [-0.25, -0.2) is 0 Å². The third-order valence-electron chi connectivity index (χ3n) is 3.16. The van der Waals surface area contributed by atoms with Gasteiger partial charge in [-0.15, -0.1) is 0 Å². The van der Waals surface area contributed by atoms with Gasteiger partial charge in [0.1, 0.15) is 0 Å². The zero-order chi connectivity index (χ0) is 11.2. The molecule has 0 aromatic rings. The van der Waals surface area contributed by atoms with E-state index in [1.54, 1.807) is 0 Å². The first-order valence-corrected chi connectivity index (χ1v) is 6.15. The summed E-state index contributed by atoms with van der Waals surface area (Å²) in [6.07, 6.45) is 1.14. The number of morpholine rings is 1. The average molecular weight is 227 g/mol. The van der Waals surface area contributed by atoms with Gasteiger partial charge < -0.3 is 15.0 Å². The van der Waals surface area contributed by atoms with Gasteiger partial charge in [-0.1, -0.05) is 0 Å². The highest BCUT2D eigenvalue weighted by molar-refractivity contribution is 5.78. The van der Waals surface area contributed by atoms with Crippen molar-refractivity contribution in [3.05, 3.63) is 0 Å². The number of amides is 1. The highest BCUT2D eigenvalue weighted by Crippen LogP contribution is 2.01. The monoisotopic (exact) mass is 227 g/mol. The fraction of sp³-hybridized carbons (Fsp3) is 0.909. The lowest BCUT2D eigenvalue weighted by atomic mass is 10.3. The first-order valence-electron chi connectivity index (χ1n) is 6.15. The summed E-state index contributed by atoms with van der Waals surface area (Å²) in [6, 6.07) is 0. The topological polar surface area (TPSA) is 44.8 Å². The molecule has 2 aliphatic heterocycles. The largest absolute Gasteiger partial charge is 0.378 e. The highest BCUT2D eigenvalue weighted by atomic mass is 16.5. The standard InChI is InChI=1S/C11H21N3O2/c15-11(14-6-8-16-9-7-14)10-13-4-1-2-12-3-5-13/h12H,1-10H2. The van der Waals surface area contributed by atoms with E-state index in [9.17, 15) is 4.79 Å². The summed E-state index contributed by atoms with van der Waals surface area (Å²) in [4.78, 5) is 16.2.